The first-order valence-corrected chi connectivity index (χ1v) is 6.04. The minimum Gasteiger partial charge on any atom is -0.444 e. The number of carbonyl (C=O) groups is 1. The smallest absolute Gasteiger partial charge is 0.407 e. The average molecular weight is 250 g/mol. The van der Waals surface area contributed by atoms with Crippen LogP contribution in [-0.4, -0.2) is 23.6 Å². The van der Waals surface area contributed by atoms with Crippen molar-refractivity contribution in [3.05, 3.63) is 0 Å². The lowest BCUT2D eigenvalue weighted by Crippen LogP contribution is -2.36. The summed E-state index contributed by atoms with van der Waals surface area (Å²) in [6, 6.07) is 0. The van der Waals surface area contributed by atoms with Crippen molar-refractivity contribution in [3.8, 4) is 0 Å². The maximum absolute atomic E-state index is 11.3. The number of carbonyl (C=O) groups excluding carboxylic acids is 1. The van der Waals surface area contributed by atoms with Crippen LogP contribution >= 0.6 is 11.6 Å². The first-order valence-electron chi connectivity index (χ1n) is 5.60. The molecule has 0 aromatic heterocycles. The third kappa shape index (κ3) is 10.1. The zero-order chi connectivity index (χ0) is 13.0. The van der Waals surface area contributed by atoms with Crippen LogP contribution in [0.5, 0.6) is 0 Å². The second-order valence-corrected chi connectivity index (χ2v) is 6.86. The lowest BCUT2D eigenvalue weighted by Gasteiger charge is -2.23. The molecule has 0 aliphatic heterocycles. The summed E-state index contributed by atoms with van der Waals surface area (Å²) in [7, 11) is 0. The van der Waals surface area contributed by atoms with Crippen molar-refractivity contribution < 1.29 is 9.53 Å². The van der Waals surface area contributed by atoms with E-state index >= 15 is 0 Å². The van der Waals surface area contributed by atoms with Crippen molar-refractivity contribution in [3.63, 3.8) is 0 Å². The van der Waals surface area contributed by atoms with Gasteiger partial charge in [-0.15, -0.1) is 11.6 Å². The Bertz CT molecular complexity index is 228. The van der Waals surface area contributed by atoms with Crippen LogP contribution in [0.15, 0.2) is 0 Å². The maximum atomic E-state index is 11.3. The summed E-state index contributed by atoms with van der Waals surface area (Å²) in [6.07, 6.45) is 0.441. The minimum atomic E-state index is -0.462. The minimum absolute atomic E-state index is 0.0625. The molecule has 0 saturated carbocycles. The van der Waals surface area contributed by atoms with Gasteiger partial charge < -0.3 is 10.1 Å². The topological polar surface area (TPSA) is 38.3 Å². The summed E-state index contributed by atoms with van der Waals surface area (Å²) < 4.78 is 5.11. The van der Waals surface area contributed by atoms with E-state index < -0.39 is 11.7 Å². The largest absolute Gasteiger partial charge is 0.444 e. The predicted octanol–water partition coefficient (Wildman–Crippen LogP) is 3.55. The van der Waals surface area contributed by atoms with E-state index in [2.05, 4.69) is 26.1 Å². The fourth-order valence-corrected chi connectivity index (χ4v) is 1.78. The summed E-state index contributed by atoms with van der Waals surface area (Å²) in [4.78, 5) is 11.3. The number of halogens is 1. The van der Waals surface area contributed by atoms with Crippen LogP contribution in [0.2, 0.25) is 0 Å². The normalized spacial score (nSPS) is 14.4. The first kappa shape index (κ1) is 15.6. The molecule has 1 N–H and O–H groups in total. The summed E-state index contributed by atoms with van der Waals surface area (Å²) in [5, 5.41) is 2.61. The van der Waals surface area contributed by atoms with Gasteiger partial charge in [0, 0.05) is 6.54 Å². The van der Waals surface area contributed by atoms with Crippen LogP contribution in [0.1, 0.15) is 48.0 Å². The molecule has 0 spiro atoms. The summed E-state index contributed by atoms with van der Waals surface area (Å²) in [5.74, 6) is 0. The van der Waals surface area contributed by atoms with E-state index in [1.165, 1.54) is 0 Å². The van der Waals surface area contributed by atoms with E-state index in [0.717, 1.165) is 6.42 Å². The molecule has 0 fully saturated rings. The Morgan fingerprint density at radius 2 is 1.75 bits per heavy atom. The highest BCUT2D eigenvalue weighted by atomic mass is 35.5. The van der Waals surface area contributed by atoms with Crippen molar-refractivity contribution in [2.75, 3.05) is 6.54 Å². The van der Waals surface area contributed by atoms with Crippen molar-refractivity contribution in [1.82, 2.24) is 5.32 Å². The molecule has 3 nitrogen and oxygen atoms in total. The van der Waals surface area contributed by atoms with Gasteiger partial charge in [0.15, 0.2) is 0 Å². The Morgan fingerprint density at radius 1 is 1.25 bits per heavy atom. The second-order valence-electron chi connectivity index (χ2n) is 6.24. The molecule has 16 heavy (non-hydrogen) atoms. The third-order valence-electron chi connectivity index (χ3n) is 1.70. The maximum Gasteiger partial charge on any atom is 0.407 e. The third-order valence-corrected chi connectivity index (χ3v) is 2.01. The van der Waals surface area contributed by atoms with E-state index in [9.17, 15) is 4.79 Å². The van der Waals surface area contributed by atoms with Gasteiger partial charge in [0.1, 0.15) is 5.60 Å². The molecule has 0 aliphatic rings. The zero-order valence-corrected chi connectivity index (χ0v) is 11.9. The molecule has 0 saturated heterocycles. The monoisotopic (exact) mass is 249 g/mol. The molecule has 1 amide bonds. The van der Waals surface area contributed by atoms with E-state index in [-0.39, 0.29) is 10.8 Å². The van der Waals surface area contributed by atoms with Gasteiger partial charge in [-0.2, -0.15) is 0 Å². The molecule has 1 atom stereocenters. The molecule has 0 radical (unpaired) electrons. The SMILES string of the molecule is CC(C)(C)CC(Cl)CNC(=O)OC(C)(C)C. The molecule has 0 aliphatic carbocycles. The van der Waals surface area contributed by atoms with Gasteiger partial charge >= 0.3 is 6.09 Å². The van der Waals surface area contributed by atoms with Gasteiger partial charge in [-0.25, -0.2) is 4.79 Å². The Morgan fingerprint density at radius 3 is 2.12 bits per heavy atom. The molecule has 0 aromatic carbocycles. The van der Waals surface area contributed by atoms with Crippen LogP contribution in [-0.2, 0) is 4.74 Å². The van der Waals surface area contributed by atoms with Crippen LogP contribution in [0, 0.1) is 5.41 Å². The Balaban J connectivity index is 3.85. The van der Waals surface area contributed by atoms with E-state index in [0.29, 0.717) is 6.54 Å². The number of amides is 1. The fraction of sp³-hybridized carbons (Fsp3) is 0.917. The van der Waals surface area contributed by atoms with Gasteiger partial charge in [-0.3, -0.25) is 0 Å². The first-order chi connectivity index (χ1) is 6.99. The van der Waals surface area contributed by atoms with Gasteiger partial charge in [0.25, 0.3) is 0 Å². The number of rotatable bonds is 3. The summed E-state index contributed by atoms with van der Waals surface area (Å²) in [5.41, 5.74) is -0.294. The van der Waals surface area contributed by atoms with E-state index in [1.54, 1.807) is 0 Å². The highest BCUT2D eigenvalue weighted by Gasteiger charge is 2.19. The number of alkyl halides is 1. The molecular formula is C12H24ClNO2. The number of hydrogen-bond acceptors (Lipinski definition) is 2. The average Bonchev–Trinajstić information content (AvgIpc) is 1.94. The highest BCUT2D eigenvalue weighted by Crippen LogP contribution is 2.23. The second kappa shape index (κ2) is 5.76. The highest BCUT2D eigenvalue weighted by molar-refractivity contribution is 6.20. The molecule has 0 aromatic rings. The summed E-state index contributed by atoms with van der Waals surface area (Å²) in [6.45, 7) is 12.3. The fourth-order valence-electron chi connectivity index (χ4n) is 1.24. The zero-order valence-electron chi connectivity index (χ0n) is 11.2. The van der Waals surface area contributed by atoms with Gasteiger partial charge in [0.2, 0.25) is 0 Å². The Labute approximate surface area is 104 Å². The van der Waals surface area contributed by atoms with Crippen LogP contribution < -0.4 is 5.32 Å². The van der Waals surface area contributed by atoms with Gasteiger partial charge in [0.05, 0.1) is 5.38 Å². The Hall–Kier alpha value is -0.440. The number of nitrogens with one attached hydrogen (secondary N) is 1. The van der Waals surface area contributed by atoms with Crippen LogP contribution in [0.25, 0.3) is 0 Å². The molecular weight excluding hydrogens is 226 g/mol. The van der Waals surface area contributed by atoms with Gasteiger partial charge in [-0.05, 0) is 32.6 Å². The van der Waals surface area contributed by atoms with E-state index in [4.69, 9.17) is 16.3 Å². The van der Waals surface area contributed by atoms with Gasteiger partial charge in [-0.1, -0.05) is 20.8 Å². The van der Waals surface area contributed by atoms with Crippen LogP contribution in [0.3, 0.4) is 0 Å². The molecule has 0 heterocycles. The lowest BCUT2D eigenvalue weighted by molar-refractivity contribution is 0.0526. The van der Waals surface area contributed by atoms with Crippen molar-refractivity contribution in [1.29, 1.82) is 0 Å². The molecule has 96 valence electrons. The number of alkyl carbamates (subject to hydrolysis) is 1. The predicted molar refractivity (Wildman–Crippen MR) is 67.9 cm³/mol. The Kier molecular flexibility index (Phi) is 5.60. The van der Waals surface area contributed by atoms with Crippen LogP contribution in [0.4, 0.5) is 4.79 Å². The van der Waals surface area contributed by atoms with Crippen molar-refractivity contribution in [2.45, 2.75) is 58.9 Å². The molecule has 0 rings (SSSR count). The van der Waals surface area contributed by atoms with Crippen molar-refractivity contribution in [2.24, 2.45) is 5.41 Å². The lowest BCUT2D eigenvalue weighted by atomic mass is 9.90. The van der Waals surface area contributed by atoms with Crippen molar-refractivity contribution >= 4 is 17.7 Å². The quantitative estimate of drug-likeness (QED) is 0.777. The molecule has 4 heteroatoms. The molecule has 0 bridgehead atoms. The number of hydrogen-bond donors (Lipinski definition) is 1. The van der Waals surface area contributed by atoms with E-state index in [1.807, 2.05) is 20.8 Å². The standard InChI is InChI=1S/C12H24ClNO2/c1-11(2,3)7-9(13)8-14-10(15)16-12(4,5)6/h9H,7-8H2,1-6H3,(H,14,15). The number of ether oxygens (including phenoxy) is 1. The molecule has 1 unspecified atom stereocenters. The summed E-state index contributed by atoms with van der Waals surface area (Å²) >= 11 is 6.11.